The van der Waals surface area contributed by atoms with Crippen LogP contribution in [0.2, 0.25) is 5.02 Å². The molecule has 0 radical (unpaired) electrons. The van der Waals surface area contributed by atoms with Crippen molar-refractivity contribution in [2.45, 2.75) is 33.1 Å². The van der Waals surface area contributed by atoms with Gasteiger partial charge in [-0.3, -0.25) is 4.79 Å². The number of hydrogen-bond donors (Lipinski definition) is 1. The van der Waals surface area contributed by atoms with Crippen LogP contribution in [0.1, 0.15) is 31.5 Å². The number of ketones is 1. The molecule has 0 saturated heterocycles. The van der Waals surface area contributed by atoms with E-state index < -0.39 is 0 Å². The highest BCUT2D eigenvalue weighted by atomic mass is 35.5. The van der Waals surface area contributed by atoms with Crippen molar-refractivity contribution in [2.75, 3.05) is 5.32 Å². The van der Waals surface area contributed by atoms with Gasteiger partial charge in [-0.2, -0.15) is 0 Å². The largest absolute Gasteiger partial charge is 0.324 e. The Balaban J connectivity index is 1.75. The summed E-state index contributed by atoms with van der Waals surface area (Å²) in [5.74, 6) is 1.11. The molecule has 4 nitrogen and oxygen atoms in total. The molecule has 1 heterocycles. The molecule has 0 fully saturated rings. The summed E-state index contributed by atoms with van der Waals surface area (Å²) in [4.78, 5) is 21.2. The Labute approximate surface area is 141 Å². The Kier molecular flexibility index (Phi) is 4.62. The molecule has 0 bridgehead atoms. The van der Waals surface area contributed by atoms with Gasteiger partial charge in [0.2, 0.25) is 5.95 Å². The van der Waals surface area contributed by atoms with Crippen molar-refractivity contribution in [2.24, 2.45) is 11.8 Å². The Morgan fingerprint density at radius 1 is 1.39 bits per heavy atom. The lowest BCUT2D eigenvalue weighted by molar-refractivity contribution is -0.126. The van der Waals surface area contributed by atoms with Crippen molar-refractivity contribution in [3.63, 3.8) is 0 Å². The van der Waals surface area contributed by atoms with E-state index in [0.717, 1.165) is 36.2 Å². The van der Waals surface area contributed by atoms with E-state index in [-0.39, 0.29) is 11.8 Å². The van der Waals surface area contributed by atoms with Gasteiger partial charge in [0.15, 0.2) is 0 Å². The fourth-order valence-corrected chi connectivity index (χ4v) is 3.17. The average molecular weight is 330 g/mol. The van der Waals surface area contributed by atoms with Crippen molar-refractivity contribution >= 4 is 29.0 Å². The maximum atomic E-state index is 12.2. The first kappa shape index (κ1) is 15.9. The summed E-state index contributed by atoms with van der Waals surface area (Å²) in [6.07, 6.45) is 4.29. The second-order valence-electron chi connectivity index (χ2n) is 6.30. The third-order valence-corrected chi connectivity index (χ3v) is 4.44. The Hall–Kier alpha value is -1.94. The molecule has 0 spiro atoms. The molecular formula is C18H20ClN3O. The number of fused-ring (bicyclic) bond motifs is 1. The lowest BCUT2D eigenvalue weighted by Crippen LogP contribution is -2.27. The second-order valence-corrected chi connectivity index (χ2v) is 6.73. The number of rotatable bonds is 4. The number of carbonyl (C=O) groups is 1. The normalized spacial score (nSPS) is 17.0. The van der Waals surface area contributed by atoms with Gasteiger partial charge in [-0.25, -0.2) is 9.97 Å². The van der Waals surface area contributed by atoms with E-state index in [0.29, 0.717) is 16.8 Å². The topological polar surface area (TPSA) is 54.9 Å². The van der Waals surface area contributed by atoms with Gasteiger partial charge < -0.3 is 5.32 Å². The molecule has 1 N–H and O–H groups in total. The van der Waals surface area contributed by atoms with Gasteiger partial charge in [0.1, 0.15) is 5.78 Å². The van der Waals surface area contributed by atoms with E-state index >= 15 is 0 Å². The highest BCUT2D eigenvalue weighted by Gasteiger charge is 2.27. The molecule has 1 aliphatic rings. The predicted molar refractivity (Wildman–Crippen MR) is 92.1 cm³/mol. The molecule has 23 heavy (non-hydrogen) atoms. The molecule has 1 unspecified atom stereocenters. The zero-order chi connectivity index (χ0) is 16.4. The maximum Gasteiger partial charge on any atom is 0.227 e. The maximum absolute atomic E-state index is 12.2. The van der Waals surface area contributed by atoms with E-state index in [2.05, 4.69) is 15.3 Å². The van der Waals surface area contributed by atoms with Crippen LogP contribution in [0.5, 0.6) is 0 Å². The summed E-state index contributed by atoms with van der Waals surface area (Å²) in [5, 5.41) is 3.84. The lowest BCUT2D eigenvalue weighted by atomic mass is 9.81. The second kappa shape index (κ2) is 6.67. The molecule has 5 heteroatoms. The highest BCUT2D eigenvalue weighted by Crippen LogP contribution is 2.27. The lowest BCUT2D eigenvalue weighted by Gasteiger charge is -2.24. The van der Waals surface area contributed by atoms with E-state index in [4.69, 9.17) is 11.6 Å². The van der Waals surface area contributed by atoms with E-state index in [1.165, 1.54) is 0 Å². The van der Waals surface area contributed by atoms with Gasteiger partial charge >= 0.3 is 0 Å². The van der Waals surface area contributed by atoms with Gasteiger partial charge in [-0.05, 0) is 43.0 Å². The Morgan fingerprint density at radius 2 is 2.22 bits per heavy atom. The number of anilines is 2. The quantitative estimate of drug-likeness (QED) is 0.913. The van der Waals surface area contributed by atoms with Crippen LogP contribution < -0.4 is 5.32 Å². The standard InChI is InChI=1S/C18H20ClN3O/c1-11(2)17(23)12-6-7-16-13(8-12)10-20-18(22-16)21-15-5-3-4-14(19)9-15/h3-5,9-12H,6-8H2,1-2H3,(H,20,21,22). The van der Waals surface area contributed by atoms with Crippen molar-refractivity contribution < 1.29 is 4.79 Å². The van der Waals surface area contributed by atoms with Crippen molar-refractivity contribution in [3.05, 3.63) is 46.7 Å². The van der Waals surface area contributed by atoms with Crippen LogP contribution in [0.25, 0.3) is 0 Å². The molecule has 3 rings (SSSR count). The summed E-state index contributed by atoms with van der Waals surface area (Å²) >= 11 is 5.98. The van der Waals surface area contributed by atoms with Gasteiger partial charge in [-0.15, -0.1) is 0 Å². The van der Waals surface area contributed by atoms with Crippen LogP contribution in [0.4, 0.5) is 11.6 Å². The number of aryl methyl sites for hydroxylation is 1. The number of Topliss-reactive ketones (excluding diaryl/α,β-unsaturated/α-hetero) is 1. The molecule has 1 aliphatic carbocycles. The summed E-state index contributed by atoms with van der Waals surface area (Å²) < 4.78 is 0. The van der Waals surface area contributed by atoms with Crippen LogP contribution in [-0.2, 0) is 17.6 Å². The first-order valence-electron chi connectivity index (χ1n) is 7.94. The van der Waals surface area contributed by atoms with Gasteiger partial charge in [-0.1, -0.05) is 31.5 Å². The first-order valence-corrected chi connectivity index (χ1v) is 8.32. The molecule has 2 aromatic rings. The number of aromatic nitrogens is 2. The molecule has 1 aromatic heterocycles. The van der Waals surface area contributed by atoms with Crippen LogP contribution in [0.15, 0.2) is 30.5 Å². The number of benzene rings is 1. The summed E-state index contributed by atoms with van der Waals surface area (Å²) in [7, 11) is 0. The van der Waals surface area contributed by atoms with Gasteiger partial charge in [0.05, 0.1) is 0 Å². The van der Waals surface area contributed by atoms with Crippen LogP contribution in [-0.4, -0.2) is 15.8 Å². The molecule has 0 aliphatic heterocycles. The molecular weight excluding hydrogens is 310 g/mol. The van der Waals surface area contributed by atoms with Gasteiger partial charge in [0.25, 0.3) is 0 Å². The van der Waals surface area contributed by atoms with Crippen molar-refractivity contribution in [1.82, 2.24) is 9.97 Å². The molecule has 0 amide bonds. The molecule has 1 aromatic carbocycles. The Bertz CT molecular complexity index is 730. The smallest absolute Gasteiger partial charge is 0.227 e. The minimum Gasteiger partial charge on any atom is -0.324 e. The van der Waals surface area contributed by atoms with Crippen LogP contribution in [0, 0.1) is 11.8 Å². The van der Waals surface area contributed by atoms with Crippen molar-refractivity contribution in [3.8, 4) is 0 Å². The predicted octanol–water partition coefficient (Wildman–Crippen LogP) is 4.20. The number of halogens is 1. The monoisotopic (exact) mass is 329 g/mol. The molecule has 0 saturated carbocycles. The van der Waals surface area contributed by atoms with E-state index in [1.54, 1.807) is 0 Å². The average Bonchev–Trinajstić information content (AvgIpc) is 2.53. The summed E-state index contributed by atoms with van der Waals surface area (Å²) in [5.41, 5.74) is 2.99. The van der Waals surface area contributed by atoms with Crippen LogP contribution in [0.3, 0.4) is 0 Å². The number of nitrogens with one attached hydrogen (secondary N) is 1. The molecule has 1 atom stereocenters. The fraction of sp³-hybridized carbons (Fsp3) is 0.389. The zero-order valence-corrected chi connectivity index (χ0v) is 14.1. The third kappa shape index (κ3) is 3.70. The SMILES string of the molecule is CC(C)C(=O)C1CCc2nc(Nc3cccc(Cl)c3)ncc2C1. The van der Waals surface area contributed by atoms with E-state index in [1.807, 2.05) is 44.3 Å². The fourth-order valence-electron chi connectivity index (χ4n) is 2.98. The first-order chi connectivity index (χ1) is 11.0. The summed E-state index contributed by atoms with van der Waals surface area (Å²) in [6.45, 7) is 3.93. The minimum absolute atomic E-state index is 0.0891. The number of nitrogens with zero attached hydrogens (tertiary/aromatic N) is 2. The van der Waals surface area contributed by atoms with Crippen LogP contribution >= 0.6 is 11.6 Å². The van der Waals surface area contributed by atoms with Crippen molar-refractivity contribution in [1.29, 1.82) is 0 Å². The minimum atomic E-state index is 0.0891. The number of hydrogen-bond acceptors (Lipinski definition) is 4. The molecule has 120 valence electrons. The zero-order valence-electron chi connectivity index (χ0n) is 13.3. The third-order valence-electron chi connectivity index (χ3n) is 4.20. The van der Waals surface area contributed by atoms with Gasteiger partial charge in [0, 0.05) is 34.4 Å². The number of carbonyl (C=O) groups excluding carboxylic acids is 1. The Morgan fingerprint density at radius 3 is 2.96 bits per heavy atom. The summed E-state index contributed by atoms with van der Waals surface area (Å²) in [6, 6.07) is 7.46. The van der Waals surface area contributed by atoms with E-state index in [9.17, 15) is 4.79 Å². The highest BCUT2D eigenvalue weighted by molar-refractivity contribution is 6.30.